The maximum Gasteiger partial charge on any atom is 0.149 e. The van der Waals surface area contributed by atoms with Gasteiger partial charge in [-0.1, -0.05) is 51.3 Å². The Kier molecular flexibility index (Phi) is 4.55. The number of hydrogen-bond donors (Lipinski definition) is 1. The third-order valence-corrected chi connectivity index (χ3v) is 3.74. The smallest absolute Gasteiger partial charge is 0.149 e. The van der Waals surface area contributed by atoms with Crippen LogP contribution in [0.25, 0.3) is 0 Å². The largest absolute Gasteiger partial charge is 0.382 e. The molecule has 0 unspecified atom stereocenters. The predicted octanol–water partition coefficient (Wildman–Crippen LogP) is 4.37. The molecule has 0 saturated carbocycles. The Balaban J connectivity index is 2.22. The molecule has 2 N–H and O–H groups in total. The molecule has 0 saturated heterocycles. The Morgan fingerprint density at radius 2 is 1.84 bits per heavy atom. The molecule has 3 nitrogen and oxygen atoms in total. The van der Waals surface area contributed by atoms with E-state index in [1.54, 1.807) is 6.07 Å². The highest BCUT2D eigenvalue weighted by atomic mass is 79.9. The fraction of sp³-hybridized carbons (Fsp3) is 0.154. The zero-order chi connectivity index (χ0) is 14.0. The van der Waals surface area contributed by atoms with Gasteiger partial charge in [0.25, 0.3) is 0 Å². The molecule has 6 heteroatoms. The molecule has 100 valence electrons. The Bertz CT molecular complexity index is 587. The number of halogens is 3. The van der Waals surface area contributed by atoms with E-state index < -0.39 is 0 Å². The molecular weight excluding hydrogens is 349 g/mol. The maximum atomic E-state index is 6.14. The number of aromatic nitrogens is 1. The highest BCUT2D eigenvalue weighted by molar-refractivity contribution is 9.10. The van der Waals surface area contributed by atoms with Gasteiger partial charge in [0.15, 0.2) is 0 Å². The first-order valence-corrected chi connectivity index (χ1v) is 7.09. The van der Waals surface area contributed by atoms with Crippen molar-refractivity contribution in [2.24, 2.45) is 0 Å². The van der Waals surface area contributed by atoms with Gasteiger partial charge >= 0.3 is 0 Å². The van der Waals surface area contributed by atoms with Crippen molar-refractivity contribution in [3.63, 3.8) is 0 Å². The third kappa shape index (κ3) is 3.53. The number of nitrogens with zero attached hydrogens (tertiary/aromatic N) is 2. The molecule has 1 aromatic carbocycles. The second kappa shape index (κ2) is 5.99. The number of benzene rings is 1. The normalized spacial score (nSPS) is 10.5. The van der Waals surface area contributed by atoms with E-state index in [0.717, 1.165) is 10.0 Å². The van der Waals surface area contributed by atoms with Crippen molar-refractivity contribution in [1.82, 2.24) is 4.98 Å². The van der Waals surface area contributed by atoms with E-state index in [2.05, 4.69) is 20.9 Å². The molecule has 19 heavy (non-hydrogen) atoms. The van der Waals surface area contributed by atoms with Crippen molar-refractivity contribution in [3.05, 3.63) is 50.4 Å². The lowest BCUT2D eigenvalue weighted by Crippen LogP contribution is -2.18. The molecular formula is C13H12BrCl2N3. The number of pyridine rings is 1. The molecule has 0 amide bonds. The van der Waals surface area contributed by atoms with E-state index >= 15 is 0 Å². The molecule has 0 bridgehead atoms. The summed E-state index contributed by atoms with van der Waals surface area (Å²) >= 11 is 15.4. The average Bonchev–Trinajstić information content (AvgIpc) is 2.36. The van der Waals surface area contributed by atoms with Crippen LogP contribution in [-0.4, -0.2) is 12.0 Å². The highest BCUT2D eigenvalue weighted by Gasteiger charge is 2.11. The van der Waals surface area contributed by atoms with Gasteiger partial charge in [0, 0.05) is 18.1 Å². The van der Waals surface area contributed by atoms with Gasteiger partial charge in [0.1, 0.15) is 11.6 Å². The van der Waals surface area contributed by atoms with Crippen molar-refractivity contribution >= 4 is 50.8 Å². The Morgan fingerprint density at radius 3 is 2.47 bits per heavy atom. The molecule has 0 radical (unpaired) electrons. The van der Waals surface area contributed by atoms with Crippen molar-refractivity contribution in [2.75, 3.05) is 17.7 Å². The number of nitrogen functional groups attached to an aromatic ring is 1. The van der Waals surface area contributed by atoms with Gasteiger partial charge in [-0.2, -0.15) is 0 Å². The van der Waals surface area contributed by atoms with Gasteiger partial charge in [0.05, 0.1) is 10.0 Å². The molecule has 2 aromatic rings. The van der Waals surface area contributed by atoms with E-state index in [0.29, 0.717) is 22.4 Å². The first kappa shape index (κ1) is 14.4. The molecule has 0 atom stereocenters. The summed E-state index contributed by atoms with van der Waals surface area (Å²) in [4.78, 5) is 6.15. The molecule has 0 aliphatic carbocycles. The fourth-order valence-corrected chi connectivity index (χ4v) is 2.44. The SMILES string of the molecule is CN(Cc1ccc(Br)cc1)c1nc(N)c(Cl)cc1Cl. The Hall–Kier alpha value is -0.970. The predicted molar refractivity (Wildman–Crippen MR) is 84.9 cm³/mol. The molecule has 0 spiro atoms. The van der Waals surface area contributed by atoms with Crippen LogP contribution in [0.3, 0.4) is 0 Å². The summed E-state index contributed by atoms with van der Waals surface area (Å²) in [6, 6.07) is 9.67. The number of hydrogen-bond acceptors (Lipinski definition) is 3. The summed E-state index contributed by atoms with van der Waals surface area (Å²) in [6.45, 7) is 0.682. The van der Waals surface area contributed by atoms with Crippen LogP contribution >= 0.6 is 39.1 Å². The summed E-state index contributed by atoms with van der Waals surface area (Å²) in [7, 11) is 1.91. The minimum Gasteiger partial charge on any atom is -0.382 e. The standard InChI is InChI=1S/C13H12BrCl2N3/c1-19(7-8-2-4-9(14)5-3-8)13-11(16)6-10(15)12(17)18-13/h2-6H,7H2,1H3,(H2,17,18). The number of anilines is 2. The lowest BCUT2D eigenvalue weighted by atomic mass is 10.2. The molecule has 0 aliphatic rings. The van der Waals surface area contributed by atoms with Gasteiger partial charge in [-0.05, 0) is 23.8 Å². The highest BCUT2D eigenvalue weighted by Crippen LogP contribution is 2.30. The number of rotatable bonds is 3. The van der Waals surface area contributed by atoms with Crippen molar-refractivity contribution in [1.29, 1.82) is 0 Å². The summed E-state index contributed by atoms with van der Waals surface area (Å²) in [5, 5.41) is 0.851. The van der Waals surface area contributed by atoms with Crippen molar-refractivity contribution in [2.45, 2.75) is 6.54 Å². The second-order valence-corrected chi connectivity index (χ2v) is 5.87. The summed E-state index contributed by atoms with van der Waals surface area (Å²) in [5.41, 5.74) is 6.86. The zero-order valence-corrected chi connectivity index (χ0v) is 13.3. The Morgan fingerprint density at radius 1 is 1.21 bits per heavy atom. The molecule has 0 aliphatic heterocycles. The van der Waals surface area contributed by atoms with E-state index in [1.165, 1.54) is 0 Å². The van der Waals surface area contributed by atoms with Gasteiger partial charge < -0.3 is 10.6 Å². The monoisotopic (exact) mass is 359 g/mol. The van der Waals surface area contributed by atoms with E-state index in [9.17, 15) is 0 Å². The van der Waals surface area contributed by atoms with Crippen molar-refractivity contribution < 1.29 is 0 Å². The van der Waals surface area contributed by atoms with Crippen LogP contribution < -0.4 is 10.6 Å². The third-order valence-electron chi connectivity index (χ3n) is 2.63. The van der Waals surface area contributed by atoms with Crippen LogP contribution in [-0.2, 0) is 6.54 Å². The minimum absolute atomic E-state index is 0.281. The summed E-state index contributed by atoms with van der Waals surface area (Å²) in [5.74, 6) is 0.898. The van der Waals surface area contributed by atoms with Gasteiger partial charge in [0.2, 0.25) is 0 Å². The van der Waals surface area contributed by atoms with Crippen LogP contribution in [0.2, 0.25) is 10.0 Å². The quantitative estimate of drug-likeness (QED) is 0.883. The van der Waals surface area contributed by atoms with Crippen LogP contribution in [0.15, 0.2) is 34.8 Å². The van der Waals surface area contributed by atoms with Gasteiger partial charge in [-0.15, -0.1) is 0 Å². The lowest BCUT2D eigenvalue weighted by molar-refractivity contribution is 0.899. The Labute approximate surface area is 130 Å². The average molecular weight is 361 g/mol. The first-order chi connectivity index (χ1) is 8.97. The maximum absolute atomic E-state index is 6.14. The van der Waals surface area contributed by atoms with Crippen LogP contribution in [0.5, 0.6) is 0 Å². The van der Waals surface area contributed by atoms with E-state index in [1.807, 2.05) is 36.2 Å². The lowest BCUT2D eigenvalue weighted by Gasteiger charge is -2.20. The summed E-state index contributed by atoms with van der Waals surface area (Å²) in [6.07, 6.45) is 0. The van der Waals surface area contributed by atoms with Gasteiger partial charge in [-0.3, -0.25) is 0 Å². The van der Waals surface area contributed by atoms with Gasteiger partial charge in [-0.25, -0.2) is 4.98 Å². The van der Waals surface area contributed by atoms with E-state index in [4.69, 9.17) is 28.9 Å². The minimum atomic E-state index is 0.281. The van der Waals surface area contributed by atoms with E-state index in [-0.39, 0.29) is 5.82 Å². The van der Waals surface area contributed by atoms with Crippen LogP contribution in [0, 0.1) is 0 Å². The van der Waals surface area contributed by atoms with Crippen molar-refractivity contribution in [3.8, 4) is 0 Å². The number of nitrogens with two attached hydrogens (primary N) is 1. The molecule has 1 heterocycles. The van der Waals surface area contributed by atoms with Crippen LogP contribution in [0.4, 0.5) is 11.6 Å². The second-order valence-electron chi connectivity index (χ2n) is 4.14. The topological polar surface area (TPSA) is 42.2 Å². The van der Waals surface area contributed by atoms with Crippen LogP contribution in [0.1, 0.15) is 5.56 Å². The molecule has 2 rings (SSSR count). The summed E-state index contributed by atoms with van der Waals surface area (Å²) < 4.78 is 1.05. The molecule has 0 fully saturated rings. The first-order valence-electron chi connectivity index (χ1n) is 5.54. The fourth-order valence-electron chi connectivity index (χ4n) is 1.68. The molecule has 1 aromatic heterocycles. The zero-order valence-electron chi connectivity index (χ0n) is 10.2.